The van der Waals surface area contributed by atoms with Crippen LogP contribution in [0.1, 0.15) is 52.0 Å². The standard InChI is InChI=1S/C16H22OS/c1-16(2,3)12-8-10-13(11-9-12)18-15-7-5-4-6-14(15)17/h8-11,15H,4-7H2,1-3H3. The van der Waals surface area contributed by atoms with Crippen LogP contribution in [0, 0.1) is 0 Å². The molecular weight excluding hydrogens is 240 g/mol. The Bertz CT molecular complexity index is 414. The quantitative estimate of drug-likeness (QED) is 0.775. The molecule has 18 heavy (non-hydrogen) atoms. The monoisotopic (exact) mass is 262 g/mol. The fourth-order valence-electron chi connectivity index (χ4n) is 2.27. The second-order valence-electron chi connectivity index (χ2n) is 6.09. The molecule has 1 atom stereocenters. The molecule has 98 valence electrons. The van der Waals surface area contributed by atoms with Gasteiger partial charge in [0.25, 0.3) is 0 Å². The van der Waals surface area contributed by atoms with Gasteiger partial charge in [-0.05, 0) is 36.0 Å². The molecule has 1 nitrogen and oxygen atoms in total. The molecule has 1 saturated carbocycles. The van der Waals surface area contributed by atoms with Gasteiger partial charge in [-0.25, -0.2) is 0 Å². The van der Waals surface area contributed by atoms with Gasteiger partial charge in [-0.2, -0.15) is 0 Å². The lowest BCUT2D eigenvalue weighted by Gasteiger charge is -2.21. The van der Waals surface area contributed by atoms with Crippen LogP contribution in [0.3, 0.4) is 0 Å². The van der Waals surface area contributed by atoms with Crippen LogP contribution in [0.25, 0.3) is 0 Å². The smallest absolute Gasteiger partial charge is 0.146 e. The van der Waals surface area contributed by atoms with Crippen LogP contribution in [0.5, 0.6) is 0 Å². The van der Waals surface area contributed by atoms with Gasteiger partial charge < -0.3 is 0 Å². The van der Waals surface area contributed by atoms with E-state index in [0.717, 1.165) is 19.3 Å². The highest BCUT2D eigenvalue weighted by Gasteiger charge is 2.23. The van der Waals surface area contributed by atoms with E-state index in [1.54, 1.807) is 11.8 Å². The second kappa shape index (κ2) is 5.48. The molecule has 1 aliphatic rings. The van der Waals surface area contributed by atoms with Gasteiger partial charge >= 0.3 is 0 Å². The Hall–Kier alpha value is -0.760. The van der Waals surface area contributed by atoms with Crippen LogP contribution in [-0.4, -0.2) is 11.0 Å². The van der Waals surface area contributed by atoms with E-state index in [0.29, 0.717) is 5.78 Å². The molecule has 0 N–H and O–H groups in total. The lowest BCUT2D eigenvalue weighted by molar-refractivity contribution is -0.119. The van der Waals surface area contributed by atoms with Crippen LogP contribution in [-0.2, 0) is 10.2 Å². The van der Waals surface area contributed by atoms with E-state index >= 15 is 0 Å². The first-order valence-electron chi connectivity index (χ1n) is 6.77. The molecule has 1 unspecified atom stereocenters. The summed E-state index contributed by atoms with van der Waals surface area (Å²) in [6.45, 7) is 6.67. The summed E-state index contributed by atoms with van der Waals surface area (Å²) >= 11 is 1.74. The van der Waals surface area contributed by atoms with E-state index in [4.69, 9.17) is 0 Å². The van der Waals surface area contributed by atoms with Crippen molar-refractivity contribution in [2.45, 2.75) is 62.0 Å². The summed E-state index contributed by atoms with van der Waals surface area (Å²) in [7, 11) is 0. The number of Topliss-reactive ketones (excluding diaryl/α,β-unsaturated/α-hetero) is 1. The Morgan fingerprint density at radius 3 is 2.33 bits per heavy atom. The summed E-state index contributed by atoms with van der Waals surface area (Å²) in [4.78, 5) is 13.0. The largest absolute Gasteiger partial charge is 0.298 e. The van der Waals surface area contributed by atoms with Gasteiger partial charge in [-0.3, -0.25) is 4.79 Å². The van der Waals surface area contributed by atoms with Crippen LogP contribution < -0.4 is 0 Å². The van der Waals surface area contributed by atoms with E-state index in [-0.39, 0.29) is 10.7 Å². The summed E-state index contributed by atoms with van der Waals surface area (Å²) in [6.07, 6.45) is 4.10. The predicted molar refractivity (Wildman–Crippen MR) is 78.3 cm³/mol. The van der Waals surface area contributed by atoms with Gasteiger partial charge in [0.15, 0.2) is 0 Å². The summed E-state index contributed by atoms with van der Waals surface area (Å²) in [5, 5.41) is 0.194. The number of carbonyl (C=O) groups excluding carboxylic acids is 1. The van der Waals surface area contributed by atoms with Crippen molar-refractivity contribution >= 4 is 17.5 Å². The SMILES string of the molecule is CC(C)(C)c1ccc(SC2CCCCC2=O)cc1. The zero-order valence-corrected chi connectivity index (χ0v) is 12.3. The van der Waals surface area contributed by atoms with Crippen molar-refractivity contribution in [3.8, 4) is 0 Å². The van der Waals surface area contributed by atoms with E-state index in [1.807, 2.05) is 0 Å². The van der Waals surface area contributed by atoms with Crippen molar-refractivity contribution in [2.24, 2.45) is 0 Å². The normalized spacial score (nSPS) is 21.1. The van der Waals surface area contributed by atoms with Crippen LogP contribution >= 0.6 is 11.8 Å². The third kappa shape index (κ3) is 3.38. The van der Waals surface area contributed by atoms with Gasteiger partial charge in [0.1, 0.15) is 5.78 Å². The molecule has 0 bridgehead atoms. The van der Waals surface area contributed by atoms with Crippen molar-refractivity contribution in [1.82, 2.24) is 0 Å². The maximum atomic E-state index is 11.8. The van der Waals surface area contributed by atoms with Crippen LogP contribution in [0.15, 0.2) is 29.2 Å². The molecule has 1 fully saturated rings. The minimum Gasteiger partial charge on any atom is -0.298 e. The average Bonchev–Trinajstić information content (AvgIpc) is 2.32. The fraction of sp³-hybridized carbons (Fsp3) is 0.562. The first-order chi connectivity index (χ1) is 8.47. The van der Waals surface area contributed by atoms with Crippen LogP contribution in [0.4, 0.5) is 0 Å². The number of benzene rings is 1. The molecule has 1 aromatic rings. The molecule has 2 heteroatoms. The molecule has 0 amide bonds. The molecule has 0 aromatic heterocycles. The number of hydrogen-bond acceptors (Lipinski definition) is 2. The van der Waals surface area contributed by atoms with Gasteiger partial charge in [0, 0.05) is 11.3 Å². The first kappa shape index (κ1) is 13.7. The number of carbonyl (C=O) groups is 1. The molecule has 0 spiro atoms. The van der Waals surface area contributed by atoms with Gasteiger partial charge in [-0.1, -0.05) is 39.3 Å². The zero-order valence-electron chi connectivity index (χ0n) is 11.5. The van der Waals surface area contributed by atoms with Crippen molar-refractivity contribution < 1.29 is 4.79 Å². The third-order valence-electron chi connectivity index (χ3n) is 3.50. The minimum absolute atomic E-state index is 0.194. The number of thioether (sulfide) groups is 1. The van der Waals surface area contributed by atoms with E-state index < -0.39 is 0 Å². The molecule has 1 aliphatic carbocycles. The summed E-state index contributed by atoms with van der Waals surface area (Å²) in [5.74, 6) is 0.436. The van der Waals surface area contributed by atoms with E-state index in [1.165, 1.54) is 16.9 Å². The lowest BCUT2D eigenvalue weighted by Crippen LogP contribution is -2.21. The summed E-state index contributed by atoms with van der Waals surface area (Å²) < 4.78 is 0. The molecule has 0 heterocycles. The molecule has 0 saturated heterocycles. The molecule has 0 aliphatic heterocycles. The van der Waals surface area contributed by atoms with Crippen LogP contribution in [0.2, 0.25) is 0 Å². The maximum absolute atomic E-state index is 11.8. The first-order valence-corrected chi connectivity index (χ1v) is 7.65. The zero-order chi connectivity index (χ0) is 13.2. The predicted octanol–water partition coefficient (Wildman–Crippen LogP) is 4.59. The van der Waals surface area contributed by atoms with Crippen molar-refractivity contribution in [3.63, 3.8) is 0 Å². The Morgan fingerprint density at radius 2 is 1.78 bits per heavy atom. The maximum Gasteiger partial charge on any atom is 0.146 e. The van der Waals surface area contributed by atoms with Crippen molar-refractivity contribution in [3.05, 3.63) is 29.8 Å². The molecular formula is C16H22OS. The molecule has 0 radical (unpaired) electrons. The average molecular weight is 262 g/mol. The van der Waals surface area contributed by atoms with E-state index in [9.17, 15) is 4.79 Å². The number of rotatable bonds is 2. The third-order valence-corrected chi connectivity index (χ3v) is 4.82. The fourth-order valence-corrected chi connectivity index (χ4v) is 3.43. The molecule has 1 aromatic carbocycles. The Kier molecular flexibility index (Phi) is 4.16. The van der Waals surface area contributed by atoms with Gasteiger partial charge in [0.05, 0.1) is 5.25 Å². The number of hydrogen-bond donors (Lipinski definition) is 0. The van der Waals surface area contributed by atoms with Crippen molar-refractivity contribution in [1.29, 1.82) is 0 Å². The Balaban J connectivity index is 2.04. The lowest BCUT2D eigenvalue weighted by atomic mass is 9.87. The Labute approximate surface area is 114 Å². The van der Waals surface area contributed by atoms with Gasteiger partial charge in [0.2, 0.25) is 0 Å². The minimum atomic E-state index is 0.194. The highest BCUT2D eigenvalue weighted by atomic mass is 32.2. The summed E-state index contributed by atoms with van der Waals surface area (Å²) in [6, 6.07) is 8.70. The van der Waals surface area contributed by atoms with Gasteiger partial charge in [-0.15, -0.1) is 11.8 Å². The van der Waals surface area contributed by atoms with Crippen molar-refractivity contribution in [2.75, 3.05) is 0 Å². The summed E-state index contributed by atoms with van der Waals surface area (Å²) in [5.41, 5.74) is 1.55. The Morgan fingerprint density at radius 1 is 1.11 bits per heavy atom. The number of ketones is 1. The highest BCUT2D eigenvalue weighted by molar-refractivity contribution is 8.00. The van der Waals surface area contributed by atoms with E-state index in [2.05, 4.69) is 45.0 Å². The highest BCUT2D eigenvalue weighted by Crippen LogP contribution is 2.32. The second-order valence-corrected chi connectivity index (χ2v) is 7.37. The molecule has 2 rings (SSSR count). The topological polar surface area (TPSA) is 17.1 Å².